The lowest BCUT2D eigenvalue weighted by atomic mass is 10.0. The Morgan fingerprint density at radius 1 is 1.07 bits per heavy atom. The molecule has 2 aromatic carbocycles. The second-order valence-electron chi connectivity index (χ2n) is 6.88. The minimum absolute atomic E-state index is 0.0567. The summed E-state index contributed by atoms with van der Waals surface area (Å²) in [6, 6.07) is 19.2. The summed E-state index contributed by atoms with van der Waals surface area (Å²) in [4.78, 5) is 30.0. The highest BCUT2D eigenvalue weighted by Gasteiger charge is 2.23. The topological polar surface area (TPSA) is 74.4 Å². The summed E-state index contributed by atoms with van der Waals surface area (Å²) in [5.74, 6) is -0.281. The molecule has 1 fully saturated rings. The maximum absolute atomic E-state index is 12.7. The van der Waals surface area contributed by atoms with E-state index in [1.807, 2.05) is 36.4 Å². The highest BCUT2D eigenvalue weighted by Crippen LogP contribution is 2.21. The van der Waals surface area contributed by atoms with E-state index in [2.05, 4.69) is 27.3 Å². The normalized spacial score (nSPS) is 16.0. The molecule has 0 saturated carbocycles. The van der Waals surface area contributed by atoms with Gasteiger partial charge < -0.3 is 15.0 Å². The second kappa shape index (κ2) is 8.37. The largest absolute Gasteiger partial charge is 0.379 e. The van der Waals surface area contributed by atoms with Crippen LogP contribution in [0, 0.1) is 0 Å². The molecule has 1 saturated heterocycles. The minimum atomic E-state index is -0.281. The van der Waals surface area contributed by atoms with Gasteiger partial charge in [-0.15, -0.1) is 0 Å². The molecule has 4 rings (SSSR count). The van der Waals surface area contributed by atoms with Crippen molar-refractivity contribution in [3.8, 4) is 0 Å². The molecule has 0 spiro atoms. The summed E-state index contributed by atoms with van der Waals surface area (Å²) >= 11 is 0. The fourth-order valence-corrected chi connectivity index (χ4v) is 3.64. The lowest BCUT2D eigenvalue weighted by molar-refractivity contribution is 0.0162. The average Bonchev–Trinajstić information content (AvgIpc) is 2.75. The molecular formula is C22H23N3O3. The number of morpholine rings is 1. The number of carbonyl (C=O) groups excluding carboxylic acids is 1. The summed E-state index contributed by atoms with van der Waals surface area (Å²) < 4.78 is 5.47. The Morgan fingerprint density at radius 2 is 1.79 bits per heavy atom. The third-order valence-corrected chi connectivity index (χ3v) is 5.12. The number of rotatable bonds is 5. The van der Waals surface area contributed by atoms with Gasteiger partial charge in [-0.3, -0.25) is 14.5 Å². The maximum atomic E-state index is 12.7. The molecule has 28 heavy (non-hydrogen) atoms. The van der Waals surface area contributed by atoms with Crippen molar-refractivity contribution in [1.82, 2.24) is 15.2 Å². The zero-order chi connectivity index (χ0) is 19.3. The molecule has 3 aromatic rings. The number of H-pyrrole nitrogens is 1. The number of aromatic amines is 1. The average molecular weight is 377 g/mol. The van der Waals surface area contributed by atoms with Crippen LogP contribution in [0.15, 0.2) is 65.5 Å². The zero-order valence-corrected chi connectivity index (χ0v) is 15.6. The van der Waals surface area contributed by atoms with E-state index in [1.54, 1.807) is 12.1 Å². The number of pyridine rings is 1. The van der Waals surface area contributed by atoms with Crippen LogP contribution in [0.1, 0.15) is 22.1 Å². The van der Waals surface area contributed by atoms with Gasteiger partial charge in [0.15, 0.2) is 0 Å². The fourth-order valence-electron chi connectivity index (χ4n) is 3.64. The van der Waals surface area contributed by atoms with Crippen molar-refractivity contribution in [2.24, 2.45) is 0 Å². The van der Waals surface area contributed by atoms with Crippen LogP contribution < -0.4 is 10.9 Å². The van der Waals surface area contributed by atoms with Crippen LogP contribution in [-0.2, 0) is 4.74 Å². The molecule has 1 aromatic heterocycles. The maximum Gasteiger partial charge on any atom is 0.267 e. The molecule has 0 bridgehead atoms. The third kappa shape index (κ3) is 3.98. The standard InChI is InChI=1S/C22H23N3O3/c26-21-18-9-5-4-8-17(18)14-19(24-21)22(27)23-15-20(16-6-2-1-3-7-16)25-10-12-28-13-11-25/h1-9,14,20H,10-13,15H2,(H,23,27)(H,24,26). The Labute approximate surface area is 163 Å². The number of aromatic nitrogens is 1. The predicted octanol–water partition coefficient (Wildman–Crippen LogP) is 2.33. The molecule has 1 atom stereocenters. The van der Waals surface area contributed by atoms with Crippen LogP contribution in [0.4, 0.5) is 0 Å². The van der Waals surface area contributed by atoms with Crippen LogP contribution >= 0.6 is 0 Å². The van der Waals surface area contributed by atoms with Crippen LogP contribution in [0.25, 0.3) is 10.8 Å². The van der Waals surface area contributed by atoms with Crippen LogP contribution in [-0.4, -0.2) is 48.6 Å². The second-order valence-corrected chi connectivity index (χ2v) is 6.88. The number of nitrogens with one attached hydrogen (secondary N) is 2. The Hall–Kier alpha value is -2.96. The van der Waals surface area contributed by atoms with E-state index < -0.39 is 0 Å². The Kier molecular flexibility index (Phi) is 5.50. The molecule has 2 N–H and O–H groups in total. The summed E-state index contributed by atoms with van der Waals surface area (Å²) in [5, 5.41) is 4.33. The van der Waals surface area contributed by atoms with Gasteiger partial charge in [-0.25, -0.2) is 0 Å². The first-order valence-corrected chi connectivity index (χ1v) is 9.49. The number of fused-ring (bicyclic) bond motifs is 1. The van der Waals surface area contributed by atoms with Gasteiger partial charge in [-0.2, -0.15) is 0 Å². The van der Waals surface area contributed by atoms with Gasteiger partial charge >= 0.3 is 0 Å². The molecule has 144 valence electrons. The Balaban J connectivity index is 1.53. The van der Waals surface area contributed by atoms with E-state index in [1.165, 1.54) is 0 Å². The first kappa shape index (κ1) is 18.4. The minimum Gasteiger partial charge on any atom is -0.379 e. The molecule has 6 heteroatoms. The number of amides is 1. The van der Waals surface area contributed by atoms with E-state index in [0.717, 1.165) is 24.0 Å². The van der Waals surface area contributed by atoms with Crippen LogP contribution in [0.2, 0.25) is 0 Å². The molecule has 2 heterocycles. The molecule has 1 amide bonds. The number of carbonyl (C=O) groups is 1. The zero-order valence-electron chi connectivity index (χ0n) is 15.6. The summed E-state index contributed by atoms with van der Waals surface area (Å²) in [7, 11) is 0. The molecule has 1 aliphatic rings. The molecule has 0 aliphatic carbocycles. The monoisotopic (exact) mass is 377 g/mol. The first-order valence-electron chi connectivity index (χ1n) is 9.49. The Bertz CT molecular complexity index is 1010. The van der Waals surface area contributed by atoms with Crippen molar-refractivity contribution in [2.75, 3.05) is 32.8 Å². The van der Waals surface area contributed by atoms with Gasteiger partial charge in [-0.1, -0.05) is 48.5 Å². The van der Waals surface area contributed by atoms with E-state index >= 15 is 0 Å². The van der Waals surface area contributed by atoms with E-state index in [-0.39, 0.29) is 23.2 Å². The van der Waals surface area contributed by atoms with Crippen molar-refractivity contribution in [1.29, 1.82) is 0 Å². The highest BCUT2D eigenvalue weighted by molar-refractivity contribution is 5.96. The SMILES string of the molecule is O=C(NCC(c1ccccc1)N1CCOCC1)c1cc2ccccc2c(=O)[nH]1. The number of nitrogens with zero attached hydrogens (tertiary/aromatic N) is 1. The lowest BCUT2D eigenvalue weighted by Crippen LogP contribution is -2.44. The number of hydrogen-bond acceptors (Lipinski definition) is 4. The van der Waals surface area contributed by atoms with Gasteiger partial charge in [0.2, 0.25) is 0 Å². The molecule has 0 radical (unpaired) electrons. The van der Waals surface area contributed by atoms with Crippen molar-refractivity contribution in [2.45, 2.75) is 6.04 Å². The molecular weight excluding hydrogens is 354 g/mol. The first-order chi connectivity index (χ1) is 13.7. The summed E-state index contributed by atoms with van der Waals surface area (Å²) in [6.45, 7) is 3.48. The van der Waals surface area contributed by atoms with E-state index in [9.17, 15) is 9.59 Å². The number of ether oxygens (including phenoxy) is 1. The molecule has 6 nitrogen and oxygen atoms in total. The van der Waals surface area contributed by atoms with Crippen molar-refractivity contribution >= 4 is 16.7 Å². The van der Waals surface area contributed by atoms with Gasteiger partial charge in [0.1, 0.15) is 5.69 Å². The van der Waals surface area contributed by atoms with Crippen molar-refractivity contribution < 1.29 is 9.53 Å². The van der Waals surface area contributed by atoms with Crippen molar-refractivity contribution in [3.05, 3.63) is 82.3 Å². The smallest absolute Gasteiger partial charge is 0.267 e. The van der Waals surface area contributed by atoms with Crippen LogP contribution in [0.5, 0.6) is 0 Å². The number of benzene rings is 2. The van der Waals surface area contributed by atoms with Crippen LogP contribution in [0.3, 0.4) is 0 Å². The van der Waals surface area contributed by atoms with E-state index in [0.29, 0.717) is 25.1 Å². The van der Waals surface area contributed by atoms with Gasteiger partial charge in [-0.05, 0) is 23.1 Å². The Morgan fingerprint density at radius 3 is 2.57 bits per heavy atom. The quantitative estimate of drug-likeness (QED) is 0.716. The van der Waals surface area contributed by atoms with Crippen molar-refractivity contribution in [3.63, 3.8) is 0 Å². The third-order valence-electron chi connectivity index (χ3n) is 5.12. The van der Waals surface area contributed by atoms with Gasteiger partial charge in [0, 0.05) is 25.0 Å². The summed E-state index contributed by atoms with van der Waals surface area (Å²) in [5.41, 5.74) is 1.17. The molecule has 1 unspecified atom stereocenters. The fraction of sp³-hybridized carbons (Fsp3) is 0.273. The van der Waals surface area contributed by atoms with Gasteiger partial charge in [0.25, 0.3) is 11.5 Å². The van der Waals surface area contributed by atoms with Gasteiger partial charge in [0.05, 0.1) is 19.3 Å². The lowest BCUT2D eigenvalue weighted by Gasteiger charge is -2.34. The number of hydrogen-bond donors (Lipinski definition) is 2. The highest BCUT2D eigenvalue weighted by atomic mass is 16.5. The predicted molar refractivity (Wildman–Crippen MR) is 108 cm³/mol. The van der Waals surface area contributed by atoms with E-state index in [4.69, 9.17) is 4.74 Å². The molecule has 1 aliphatic heterocycles. The summed E-state index contributed by atoms with van der Waals surface area (Å²) in [6.07, 6.45) is 0.